The standard InChI is InChI=1S/C11H12F3N3O2/c1-6(2)7-9(19-5-4-15)17-8(11(12,13)14)10(16-7)18-3/h6H,5H2,1-3H3. The fourth-order valence-electron chi connectivity index (χ4n) is 1.33. The molecule has 1 heterocycles. The highest BCUT2D eigenvalue weighted by Gasteiger charge is 2.39. The van der Waals surface area contributed by atoms with Crippen LogP contribution in [0.25, 0.3) is 0 Å². The Bertz CT molecular complexity index is 495. The molecule has 0 aromatic carbocycles. The molecule has 0 radical (unpaired) electrons. The average Bonchev–Trinajstić information content (AvgIpc) is 2.33. The summed E-state index contributed by atoms with van der Waals surface area (Å²) < 4.78 is 47.8. The summed E-state index contributed by atoms with van der Waals surface area (Å²) in [5.74, 6) is -1.14. The number of alkyl halides is 3. The fraction of sp³-hybridized carbons (Fsp3) is 0.545. The van der Waals surface area contributed by atoms with E-state index in [0.717, 1.165) is 7.11 Å². The molecular formula is C11H12F3N3O2. The molecule has 0 atom stereocenters. The Kier molecular flexibility index (Phi) is 4.53. The van der Waals surface area contributed by atoms with Crippen molar-refractivity contribution in [2.45, 2.75) is 25.9 Å². The maximum Gasteiger partial charge on any atom is 0.438 e. The van der Waals surface area contributed by atoms with E-state index in [-0.39, 0.29) is 17.5 Å². The molecule has 1 aromatic heterocycles. The summed E-state index contributed by atoms with van der Waals surface area (Å²) in [5, 5.41) is 8.42. The number of ether oxygens (including phenoxy) is 2. The number of hydrogen-bond donors (Lipinski definition) is 0. The molecule has 8 heteroatoms. The predicted molar refractivity (Wildman–Crippen MR) is 58.8 cm³/mol. The van der Waals surface area contributed by atoms with E-state index in [0.29, 0.717) is 0 Å². The molecule has 0 saturated heterocycles. The van der Waals surface area contributed by atoms with Gasteiger partial charge in [0, 0.05) is 5.92 Å². The van der Waals surface area contributed by atoms with Crippen LogP contribution in [0.5, 0.6) is 11.8 Å². The largest absolute Gasteiger partial charge is 0.479 e. The Balaban J connectivity index is 3.39. The second-order valence-corrected chi connectivity index (χ2v) is 3.87. The van der Waals surface area contributed by atoms with Gasteiger partial charge in [-0.25, -0.2) is 9.97 Å². The smallest absolute Gasteiger partial charge is 0.438 e. The highest BCUT2D eigenvalue weighted by Crippen LogP contribution is 2.37. The number of nitriles is 1. The molecule has 0 saturated carbocycles. The van der Waals surface area contributed by atoms with Crippen molar-refractivity contribution < 1.29 is 22.6 Å². The van der Waals surface area contributed by atoms with E-state index in [9.17, 15) is 13.2 Å². The number of rotatable bonds is 4. The number of methoxy groups -OCH3 is 1. The number of hydrogen-bond acceptors (Lipinski definition) is 5. The summed E-state index contributed by atoms with van der Waals surface area (Å²) in [4.78, 5) is 7.16. The van der Waals surface area contributed by atoms with Gasteiger partial charge in [-0.05, 0) is 0 Å². The van der Waals surface area contributed by atoms with E-state index < -0.39 is 24.4 Å². The molecule has 104 valence electrons. The second kappa shape index (κ2) is 5.73. The zero-order valence-corrected chi connectivity index (χ0v) is 10.6. The number of halogens is 3. The third kappa shape index (κ3) is 3.47. The van der Waals surface area contributed by atoms with Crippen molar-refractivity contribution in [2.75, 3.05) is 13.7 Å². The molecule has 0 unspecified atom stereocenters. The van der Waals surface area contributed by atoms with Crippen LogP contribution in [0.3, 0.4) is 0 Å². The molecule has 0 N–H and O–H groups in total. The molecule has 0 fully saturated rings. The van der Waals surface area contributed by atoms with Gasteiger partial charge in [0.2, 0.25) is 17.5 Å². The van der Waals surface area contributed by atoms with Crippen LogP contribution >= 0.6 is 0 Å². The van der Waals surface area contributed by atoms with Gasteiger partial charge < -0.3 is 9.47 Å². The summed E-state index contributed by atoms with van der Waals surface area (Å²) >= 11 is 0. The van der Waals surface area contributed by atoms with Crippen molar-refractivity contribution in [3.8, 4) is 17.8 Å². The minimum atomic E-state index is -4.71. The van der Waals surface area contributed by atoms with Crippen molar-refractivity contribution in [3.63, 3.8) is 0 Å². The summed E-state index contributed by atoms with van der Waals surface area (Å²) in [6.45, 7) is 3.03. The minimum absolute atomic E-state index is 0.208. The van der Waals surface area contributed by atoms with E-state index in [4.69, 9.17) is 10.00 Å². The maximum absolute atomic E-state index is 12.8. The topological polar surface area (TPSA) is 68.0 Å². The molecule has 0 amide bonds. The highest BCUT2D eigenvalue weighted by molar-refractivity contribution is 5.32. The third-order valence-corrected chi connectivity index (χ3v) is 2.14. The Hall–Kier alpha value is -2.04. The van der Waals surface area contributed by atoms with E-state index in [1.807, 2.05) is 0 Å². The molecular weight excluding hydrogens is 263 g/mol. The van der Waals surface area contributed by atoms with Gasteiger partial charge in [-0.15, -0.1) is 0 Å². The van der Waals surface area contributed by atoms with Crippen LogP contribution in [0.4, 0.5) is 13.2 Å². The third-order valence-electron chi connectivity index (χ3n) is 2.14. The lowest BCUT2D eigenvalue weighted by Gasteiger charge is -2.16. The van der Waals surface area contributed by atoms with E-state index in [1.54, 1.807) is 19.9 Å². The van der Waals surface area contributed by atoms with Gasteiger partial charge in [-0.1, -0.05) is 13.8 Å². The predicted octanol–water partition coefficient (Wildman–Crippen LogP) is 2.53. The molecule has 0 aliphatic rings. The van der Waals surface area contributed by atoms with Crippen molar-refractivity contribution in [3.05, 3.63) is 11.4 Å². The van der Waals surface area contributed by atoms with Gasteiger partial charge in [-0.2, -0.15) is 18.4 Å². The van der Waals surface area contributed by atoms with Crippen molar-refractivity contribution in [1.82, 2.24) is 9.97 Å². The molecule has 0 aliphatic carbocycles. The lowest BCUT2D eigenvalue weighted by atomic mass is 10.1. The molecule has 0 aliphatic heterocycles. The normalized spacial score (nSPS) is 11.3. The van der Waals surface area contributed by atoms with E-state index in [1.165, 1.54) is 0 Å². The SMILES string of the molecule is COc1nc(C(C)C)c(OCC#N)nc1C(F)(F)F. The summed E-state index contributed by atoms with van der Waals surface area (Å²) in [6, 6.07) is 1.67. The lowest BCUT2D eigenvalue weighted by molar-refractivity contribution is -0.143. The Labute approximate surface area is 108 Å². The average molecular weight is 275 g/mol. The van der Waals surface area contributed by atoms with Crippen LogP contribution in [0, 0.1) is 11.3 Å². The summed E-state index contributed by atoms with van der Waals surface area (Å²) in [7, 11) is 1.08. The lowest BCUT2D eigenvalue weighted by Crippen LogP contribution is -2.15. The summed E-state index contributed by atoms with van der Waals surface area (Å²) in [6.07, 6.45) is -4.71. The zero-order chi connectivity index (χ0) is 14.6. The van der Waals surface area contributed by atoms with Gasteiger partial charge >= 0.3 is 6.18 Å². The van der Waals surface area contributed by atoms with Crippen LogP contribution < -0.4 is 9.47 Å². The Morgan fingerprint density at radius 3 is 2.32 bits per heavy atom. The number of aromatic nitrogens is 2. The first kappa shape index (κ1) is 15.0. The van der Waals surface area contributed by atoms with Crippen molar-refractivity contribution in [2.24, 2.45) is 0 Å². The van der Waals surface area contributed by atoms with Gasteiger partial charge in [0.15, 0.2) is 6.61 Å². The van der Waals surface area contributed by atoms with Gasteiger partial charge in [0.05, 0.1) is 7.11 Å². The fourth-order valence-corrected chi connectivity index (χ4v) is 1.33. The first-order chi connectivity index (χ1) is 8.81. The first-order valence-corrected chi connectivity index (χ1v) is 5.34. The van der Waals surface area contributed by atoms with Gasteiger partial charge in [0.1, 0.15) is 11.8 Å². The van der Waals surface area contributed by atoms with Gasteiger partial charge in [-0.3, -0.25) is 0 Å². The van der Waals surface area contributed by atoms with Crippen LogP contribution in [0.2, 0.25) is 0 Å². The molecule has 19 heavy (non-hydrogen) atoms. The summed E-state index contributed by atoms with van der Waals surface area (Å²) in [5.41, 5.74) is -1.06. The van der Waals surface area contributed by atoms with Gasteiger partial charge in [0.25, 0.3) is 0 Å². The first-order valence-electron chi connectivity index (χ1n) is 5.34. The maximum atomic E-state index is 12.8. The molecule has 5 nitrogen and oxygen atoms in total. The van der Waals surface area contributed by atoms with Crippen molar-refractivity contribution in [1.29, 1.82) is 5.26 Å². The number of nitrogens with zero attached hydrogens (tertiary/aromatic N) is 3. The quantitative estimate of drug-likeness (QED) is 0.844. The van der Waals surface area contributed by atoms with Crippen LogP contribution in [-0.2, 0) is 6.18 Å². The van der Waals surface area contributed by atoms with Crippen LogP contribution in [-0.4, -0.2) is 23.7 Å². The molecule has 0 spiro atoms. The van der Waals surface area contributed by atoms with E-state index in [2.05, 4.69) is 14.7 Å². The Morgan fingerprint density at radius 2 is 1.89 bits per heavy atom. The molecule has 0 bridgehead atoms. The minimum Gasteiger partial charge on any atom is -0.479 e. The second-order valence-electron chi connectivity index (χ2n) is 3.87. The van der Waals surface area contributed by atoms with Crippen molar-refractivity contribution >= 4 is 0 Å². The molecule has 1 aromatic rings. The zero-order valence-electron chi connectivity index (χ0n) is 10.6. The van der Waals surface area contributed by atoms with E-state index >= 15 is 0 Å². The van der Waals surface area contributed by atoms with Crippen LogP contribution in [0.15, 0.2) is 0 Å². The van der Waals surface area contributed by atoms with Crippen LogP contribution in [0.1, 0.15) is 31.2 Å². The monoisotopic (exact) mass is 275 g/mol. The Morgan fingerprint density at radius 1 is 1.26 bits per heavy atom. The molecule has 1 rings (SSSR count). The highest BCUT2D eigenvalue weighted by atomic mass is 19.4.